The molecule has 1 unspecified atom stereocenters. The number of rotatable bonds is 4. The highest BCUT2D eigenvalue weighted by Crippen LogP contribution is 2.26. The van der Waals surface area contributed by atoms with Gasteiger partial charge < -0.3 is 10.2 Å². The Hall–Kier alpha value is -1.72. The van der Waals surface area contributed by atoms with Crippen LogP contribution in [0.2, 0.25) is 5.02 Å². The minimum absolute atomic E-state index is 0.0368. The van der Waals surface area contributed by atoms with Gasteiger partial charge in [0.15, 0.2) is 0 Å². The van der Waals surface area contributed by atoms with Crippen molar-refractivity contribution >= 4 is 35.0 Å². The molecular formula is C20H22ClFN2OS. The van der Waals surface area contributed by atoms with Crippen molar-refractivity contribution in [2.45, 2.75) is 30.7 Å². The fourth-order valence-corrected chi connectivity index (χ4v) is 4.00. The Morgan fingerprint density at radius 1 is 1.31 bits per heavy atom. The van der Waals surface area contributed by atoms with E-state index in [1.54, 1.807) is 23.9 Å². The van der Waals surface area contributed by atoms with Crippen LogP contribution in [0, 0.1) is 12.7 Å². The second kappa shape index (κ2) is 8.31. The number of carbonyl (C=O) groups excluding carboxylic acids is 1. The van der Waals surface area contributed by atoms with Gasteiger partial charge >= 0.3 is 0 Å². The van der Waals surface area contributed by atoms with Crippen molar-refractivity contribution in [2.24, 2.45) is 0 Å². The summed E-state index contributed by atoms with van der Waals surface area (Å²) in [6.07, 6.45) is 3.86. The third-order valence-corrected chi connectivity index (χ3v) is 5.73. The first-order chi connectivity index (χ1) is 12.5. The second-order valence-electron chi connectivity index (χ2n) is 6.54. The Balaban J connectivity index is 1.71. The van der Waals surface area contributed by atoms with Crippen LogP contribution in [0.5, 0.6) is 0 Å². The monoisotopic (exact) mass is 392 g/mol. The van der Waals surface area contributed by atoms with Gasteiger partial charge in [0.25, 0.3) is 5.91 Å². The molecule has 26 heavy (non-hydrogen) atoms. The number of piperidine rings is 1. The number of aryl methyl sites for hydroxylation is 1. The number of carbonyl (C=O) groups is 1. The highest BCUT2D eigenvalue weighted by atomic mass is 35.5. The fourth-order valence-electron chi connectivity index (χ4n) is 3.36. The summed E-state index contributed by atoms with van der Waals surface area (Å²) in [6.45, 7) is 3.52. The predicted octanol–water partition coefficient (Wildman–Crippen LogP) is 4.91. The summed E-state index contributed by atoms with van der Waals surface area (Å²) in [4.78, 5) is 15.9. The Labute approximate surface area is 162 Å². The standard InChI is InChI=1S/C20H22ClFN2OS/c1-13-10-14(22)5-8-19(13)24-9-3-4-15(12-24)23-20(25)17-11-16(26-2)6-7-18(17)21/h5-8,10-11,15H,3-4,9,12H2,1-2H3,(H,23,25). The molecule has 2 aromatic rings. The van der Waals surface area contributed by atoms with Gasteiger partial charge in [-0.05, 0) is 68.0 Å². The minimum atomic E-state index is -0.226. The molecule has 1 aliphatic heterocycles. The maximum absolute atomic E-state index is 13.4. The van der Waals surface area contributed by atoms with Crippen molar-refractivity contribution in [1.82, 2.24) is 5.32 Å². The lowest BCUT2D eigenvalue weighted by molar-refractivity contribution is 0.0933. The van der Waals surface area contributed by atoms with Gasteiger partial charge in [-0.1, -0.05) is 11.6 Å². The summed E-state index contributed by atoms with van der Waals surface area (Å²) >= 11 is 7.79. The lowest BCUT2D eigenvalue weighted by Crippen LogP contribution is -2.48. The molecule has 1 N–H and O–H groups in total. The fraction of sp³-hybridized carbons (Fsp3) is 0.350. The van der Waals surface area contributed by atoms with E-state index < -0.39 is 0 Å². The quantitative estimate of drug-likeness (QED) is 0.750. The molecule has 1 amide bonds. The van der Waals surface area contributed by atoms with Crippen LogP contribution in [0.15, 0.2) is 41.3 Å². The Bertz CT molecular complexity index is 814. The van der Waals surface area contributed by atoms with Crippen molar-refractivity contribution in [1.29, 1.82) is 0 Å². The number of anilines is 1. The van der Waals surface area contributed by atoms with Crippen LogP contribution in [-0.2, 0) is 0 Å². The predicted molar refractivity (Wildman–Crippen MR) is 107 cm³/mol. The average Bonchev–Trinajstić information content (AvgIpc) is 2.62. The van der Waals surface area contributed by atoms with E-state index >= 15 is 0 Å². The Morgan fingerprint density at radius 3 is 2.85 bits per heavy atom. The zero-order valence-corrected chi connectivity index (χ0v) is 16.5. The maximum Gasteiger partial charge on any atom is 0.253 e. The number of hydrogen-bond donors (Lipinski definition) is 1. The van der Waals surface area contributed by atoms with E-state index in [-0.39, 0.29) is 17.8 Å². The molecule has 0 radical (unpaired) electrons. The van der Waals surface area contributed by atoms with Gasteiger partial charge in [-0.3, -0.25) is 4.79 Å². The van der Waals surface area contributed by atoms with Crippen LogP contribution in [-0.4, -0.2) is 31.3 Å². The molecule has 2 aromatic carbocycles. The number of thioether (sulfide) groups is 1. The van der Waals surface area contributed by atoms with Crippen molar-refractivity contribution in [3.8, 4) is 0 Å². The molecular weight excluding hydrogens is 371 g/mol. The van der Waals surface area contributed by atoms with E-state index in [9.17, 15) is 9.18 Å². The third-order valence-electron chi connectivity index (χ3n) is 4.67. The normalized spacial score (nSPS) is 17.2. The van der Waals surface area contributed by atoms with Crippen LogP contribution < -0.4 is 10.2 Å². The first-order valence-corrected chi connectivity index (χ1v) is 10.2. The Kier molecular flexibility index (Phi) is 6.09. The number of nitrogens with zero attached hydrogens (tertiary/aromatic N) is 1. The number of nitrogens with one attached hydrogen (secondary N) is 1. The highest BCUT2D eigenvalue weighted by Gasteiger charge is 2.24. The van der Waals surface area contributed by atoms with Gasteiger partial charge in [-0.2, -0.15) is 0 Å². The van der Waals surface area contributed by atoms with Crippen LogP contribution >= 0.6 is 23.4 Å². The van der Waals surface area contributed by atoms with E-state index in [1.807, 2.05) is 31.4 Å². The minimum Gasteiger partial charge on any atom is -0.369 e. The molecule has 3 nitrogen and oxygen atoms in total. The molecule has 0 aliphatic carbocycles. The molecule has 6 heteroatoms. The number of hydrogen-bond acceptors (Lipinski definition) is 3. The van der Waals surface area contributed by atoms with E-state index in [4.69, 9.17) is 11.6 Å². The Morgan fingerprint density at radius 2 is 2.12 bits per heavy atom. The third kappa shape index (κ3) is 4.33. The zero-order valence-electron chi connectivity index (χ0n) is 14.9. The lowest BCUT2D eigenvalue weighted by atomic mass is 10.0. The maximum atomic E-state index is 13.4. The van der Waals surface area contributed by atoms with Gasteiger partial charge in [0.1, 0.15) is 5.82 Å². The molecule has 1 fully saturated rings. The molecule has 1 heterocycles. The van der Waals surface area contributed by atoms with Gasteiger partial charge in [0.2, 0.25) is 0 Å². The molecule has 1 saturated heterocycles. The summed E-state index contributed by atoms with van der Waals surface area (Å²) in [5, 5.41) is 3.57. The van der Waals surface area contributed by atoms with E-state index in [2.05, 4.69) is 10.2 Å². The van der Waals surface area contributed by atoms with Crippen LogP contribution in [0.4, 0.5) is 10.1 Å². The van der Waals surface area contributed by atoms with Gasteiger partial charge in [-0.25, -0.2) is 4.39 Å². The smallest absolute Gasteiger partial charge is 0.253 e. The van der Waals surface area contributed by atoms with Crippen molar-refractivity contribution in [3.63, 3.8) is 0 Å². The van der Waals surface area contributed by atoms with Crippen LogP contribution in [0.25, 0.3) is 0 Å². The van der Waals surface area contributed by atoms with Crippen molar-refractivity contribution in [2.75, 3.05) is 24.2 Å². The van der Waals surface area contributed by atoms with Crippen LogP contribution in [0.3, 0.4) is 0 Å². The summed E-state index contributed by atoms with van der Waals surface area (Å²) in [5.74, 6) is -0.370. The van der Waals surface area contributed by atoms with Gasteiger partial charge in [0, 0.05) is 29.7 Å². The molecule has 0 saturated carbocycles. The number of benzene rings is 2. The molecule has 138 valence electrons. The van der Waals surface area contributed by atoms with Crippen molar-refractivity contribution < 1.29 is 9.18 Å². The zero-order chi connectivity index (χ0) is 18.7. The van der Waals surface area contributed by atoms with Crippen LogP contribution in [0.1, 0.15) is 28.8 Å². The summed E-state index contributed by atoms with van der Waals surface area (Å²) in [6, 6.07) is 10.4. The number of amides is 1. The lowest BCUT2D eigenvalue weighted by Gasteiger charge is -2.35. The van der Waals surface area contributed by atoms with E-state index in [1.165, 1.54) is 6.07 Å². The SMILES string of the molecule is CSc1ccc(Cl)c(C(=O)NC2CCCN(c3ccc(F)cc3C)C2)c1. The average molecular weight is 393 g/mol. The second-order valence-corrected chi connectivity index (χ2v) is 7.82. The largest absolute Gasteiger partial charge is 0.369 e. The van der Waals surface area contributed by atoms with Gasteiger partial charge in [-0.15, -0.1) is 11.8 Å². The topological polar surface area (TPSA) is 32.3 Å². The molecule has 0 aromatic heterocycles. The number of halogens is 2. The summed E-state index contributed by atoms with van der Waals surface area (Å²) in [7, 11) is 0. The first-order valence-electron chi connectivity index (χ1n) is 8.63. The molecule has 3 rings (SSSR count). The molecule has 1 aliphatic rings. The van der Waals surface area contributed by atoms with Crippen molar-refractivity contribution in [3.05, 3.63) is 58.4 Å². The van der Waals surface area contributed by atoms with Gasteiger partial charge in [0.05, 0.1) is 10.6 Å². The molecule has 0 spiro atoms. The summed E-state index contributed by atoms with van der Waals surface area (Å²) < 4.78 is 13.4. The van der Waals surface area contributed by atoms with E-state index in [0.717, 1.165) is 35.5 Å². The summed E-state index contributed by atoms with van der Waals surface area (Å²) in [5.41, 5.74) is 2.44. The van der Waals surface area contributed by atoms with E-state index in [0.29, 0.717) is 17.1 Å². The highest BCUT2D eigenvalue weighted by molar-refractivity contribution is 7.98. The first kappa shape index (κ1) is 19.1. The molecule has 0 bridgehead atoms. The molecule has 1 atom stereocenters.